The number of carbonyl (C=O) groups is 2. The molecule has 3 unspecified atom stereocenters. The number of rotatable bonds is 13. The number of hydrogen-bond acceptors (Lipinski definition) is 8. The molecule has 5 atom stereocenters. The van der Waals surface area contributed by atoms with Crippen LogP contribution in [0.5, 0.6) is 0 Å². The first-order valence-corrected chi connectivity index (χ1v) is 12.2. The Morgan fingerprint density at radius 2 is 1.81 bits per heavy atom. The average molecular weight is 521 g/mol. The van der Waals surface area contributed by atoms with Gasteiger partial charge >= 0.3 is 0 Å². The maximum atomic E-state index is 12.9. The summed E-state index contributed by atoms with van der Waals surface area (Å²) in [7, 11) is 1.45. The first-order valence-electron chi connectivity index (χ1n) is 12.2. The lowest BCUT2D eigenvalue weighted by atomic mass is 9.83. The third kappa shape index (κ3) is 8.53. The number of aromatic amines is 1. The number of carbonyl (C=O) groups excluding carboxylic acids is 2. The number of H-pyrrole nitrogens is 1. The van der Waals surface area contributed by atoms with Crippen LogP contribution in [0, 0.1) is 5.41 Å². The monoisotopic (exact) mass is 520 g/mol. The number of aliphatic hydroxyl groups excluding tert-OH is 3. The van der Waals surface area contributed by atoms with Gasteiger partial charge in [0.05, 0.1) is 12.7 Å². The molecule has 0 aliphatic carbocycles. The van der Waals surface area contributed by atoms with Crippen LogP contribution in [-0.4, -0.2) is 88.5 Å². The van der Waals surface area contributed by atoms with E-state index in [0.29, 0.717) is 0 Å². The van der Waals surface area contributed by atoms with Crippen molar-refractivity contribution in [3.05, 3.63) is 36.0 Å². The lowest BCUT2D eigenvalue weighted by molar-refractivity contribution is -0.132. The van der Waals surface area contributed by atoms with Gasteiger partial charge in [0.2, 0.25) is 5.91 Å². The largest absolute Gasteiger partial charge is 0.394 e. The third-order valence-corrected chi connectivity index (χ3v) is 5.83. The zero-order valence-corrected chi connectivity index (χ0v) is 22.3. The van der Waals surface area contributed by atoms with E-state index in [4.69, 9.17) is 9.57 Å². The fraction of sp³-hybridized carbons (Fsp3) is 0.577. The molecular weight excluding hydrogens is 480 g/mol. The number of hydrogen-bond donors (Lipinski definition) is 6. The minimum atomic E-state index is -1.37. The van der Waals surface area contributed by atoms with Crippen LogP contribution >= 0.6 is 0 Å². The number of ether oxygens (including phenoxy) is 1. The second-order valence-corrected chi connectivity index (χ2v) is 10.2. The highest BCUT2D eigenvalue weighted by atomic mass is 16.6. The number of oxime groups is 1. The van der Waals surface area contributed by atoms with Crippen LogP contribution in [0.4, 0.5) is 0 Å². The molecule has 0 fully saturated rings. The molecule has 2 amide bonds. The molecule has 0 aliphatic rings. The number of amides is 2. The number of fused-ring (bicyclic) bond motifs is 1. The molecule has 6 N–H and O–H groups in total. The van der Waals surface area contributed by atoms with Crippen molar-refractivity contribution in [1.82, 2.24) is 15.6 Å². The minimum Gasteiger partial charge on any atom is -0.394 e. The van der Waals surface area contributed by atoms with E-state index in [1.807, 2.05) is 45.0 Å². The molecule has 2 rings (SSSR count). The number of nitrogens with one attached hydrogen (secondary N) is 3. The van der Waals surface area contributed by atoms with Crippen LogP contribution in [0.2, 0.25) is 0 Å². The van der Waals surface area contributed by atoms with E-state index in [1.54, 1.807) is 13.1 Å². The Kier molecular flexibility index (Phi) is 11.1. The number of methoxy groups -OCH3 is 1. The van der Waals surface area contributed by atoms with E-state index in [0.717, 1.165) is 16.5 Å². The van der Waals surface area contributed by atoms with Gasteiger partial charge in [-0.2, -0.15) is 0 Å². The zero-order valence-electron chi connectivity index (χ0n) is 22.3. The van der Waals surface area contributed by atoms with E-state index in [-0.39, 0.29) is 18.7 Å². The molecule has 1 heterocycles. The fourth-order valence-electron chi connectivity index (χ4n) is 3.94. The highest BCUT2D eigenvalue weighted by Gasteiger charge is 2.36. The first-order chi connectivity index (χ1) is 17.4. The maximum absolute atomic E-state index is 12.9. The van der Waals surface area contributed by atoms with Gasteiger partial charge in [0.15, 0.2) is 6.61 Å². The first kappa shape index (κ1) is 30.2. The van der Waals surface area contributed by atoms with E-state index in [1.165, 1.54) is 14.0 Å². The quantitative estimate of drug-likeness (QED) is 0.168. The minimum absolute atomic E-state index is 0.0441. The van der Waals surface area contributed by atoms with Gasteiger partial charge < -0.3 is 40.5 Å². The number of benzene rings is 1. The van der Waals surface area contributed by atoms with E-state index in [9.17, 15) is 24.9 Å². The second kappa shape index (κ2) is 13.5. The topological polar surface area (TPSA) is 166 Å². The summed E-state index contributed by atoms with van der Waals surface area (Å²) in [6, 6.07) is 6.17. The van der Waals surface area contributed by atoms with E-state index in [2.05, 4.69) is 20.8 Å². The predicted octanol–water partition coefficient (Wildman–Crippen LogP) is 0.868. The smallest absolute Gasteiger partial charge is 0.261 e. The number of nitrogens with zero attached hydrogens (tertiary/aromatic N) is 1. The van der Waals surface area contributed by atoms with Gasteiger partial charge in [0, 0.05) is 36.7 Å². The number of para-hydroxylation sites is 1. The molecule has 0 spiro atoms. The molecule has 1 aromatic heterocycles. The summed E-state index contributed by atoms with van der Waals surface area (Å²) in [5.41, 5.74) is 1.30. The number of aromatic nitrogens is 1. The Morgan fingerprint density at radius 1 is 1.14 bits per heavy atom. The van der Waals surface area contributed by atoms with Crippen LogP contribution in [-0.2, 0) is 25.6 Å². The molecule has 0 aliphatic heterocycles. The van der Waals surface area contributed by atoms with Crippen molar-refractivity contribution in [3.63, 3.8) is 0 Å². The van der Waals surface area contributed by atoms with Crippen LogP contribution in [0.15, 0.2) is 35.6 Å². The van der Waals surface area contributed by atoms with Crippen LogP contribution in [0.1, 0.15) is 40.2 Å². The Balaban J connectivity index is 2.18. The predicted molar refractivity (Wildman–Crippen MR) is 140 cm³/mol. The summed E-state index contributed by atoms with van der Waals surface area (Å²) < 4.78 is 5.48. The highest BCUT2D eigenvalue weighted by molar-refractivity contribution is 5.93. The van der Waals surface area contributed by atoms with E-state index >= 15 is 0 Å². The average Bonchev–Trinajstić information content (AvgIpc) is 3.24. The van der Waals surface area contributed by atoms with Gasteiger partial charge in [-0.15, -0.1) is 0 Å². The molecule has 11 nitrogen and oxygen atoms in total. The molecule has 0 saturated carbocycles. The molecule has 37 heavy (non-hydrogen) atoms. The van der Waals surface area contributed by atoms with Crippen molar-refractivity contribution in [2.45, 2.75) is 71.4 Å². The van der Waals surface area contributed by atoms with Gasteiger partial charge in [-0.1, -0.05) is 44.1 Å². The molecule has 11 heteroatoms. The summed E-state index contributed by atoms with van der Waals surface area (Å²) in [5, 5.41) is 39.9. The summed E-state index contributed by atoms with van der Waals surface area (Å²) >= 11 is 0. The Labute approximate surface area is 217 Å². The van der Waals surface area contributed by atoms with Gasteiger partial charge in [0.25, 0.3) is 5.91 Å². The molecule has 2 aromatic rings. The Morgan fingerprint density at radius 3 is 2.41 bits per heavy atom. The lowest BCUT2D eigenvalue weighted by Gasteiger charge is -2.32. The molecule has 206 valence electrons. The summed E-state index contributed by atoms with van der Waals surface area (Å²) in [4.78, 5) is 34.0. The van der Waals surface area contributed by atoms with Gasteiger partial charge in [-0.3, -0.25) is 9.59 Å². The summed E-state index contributed by atoms with van der Waals surface area (Å²) in [6.07, 6.45) is -1.22. The third-order valence-electron chi connectivity index (χ3n) is 5.83. The molecular formula is C26H40N4O7. The van der Waals surface area contributed by atoms with Crippen LogP contribution < -0.4 is 10.6 Å². The summed E-state index contributed by atoms with van der Waals surface area (Å²) in [5.74, 6) is -1.07. The van der Waals surface area contributed by atoms with Crippen molar-refractivity contribution in [2.75, 3.05) is 20.3 Å². The van der Waals surface area contributed by atoms with Crippen LogP contribution in [0.3, 0.4) is 0 Å². The summed E-state index contributed by atoms with van der Waals surface area (Å²) in [6.45, 7) is 7.89. The second-order valence-electron chi connectivity index (χ2n) is 10.2. The van der Waals surface area contributed by atoms with Gasteiger partial charge in [0.1, 0.15) is 24.0 Å². The van der Waals surface area contributed by atoms with Crippen molar-refractivity contribution in [3.8, 4) is 0 Å². The Hall–Kier alpha value is -2.99. The van der Waals surface area contributed by atoms with Gasteiger partial charge in [-0.05, 0) is 30.9 Å². The van der Waals surface area contributed by atoms with Crippen molar-refractivity contribution < 1.29 is 34.5 Å². The van der Waals surface area contributed by atoms with Crippen molar-refractivity contribution in [2.24, 2.45) is 10.6 Å². The zero-order chi connectivity index (χ0) is 27.8. The molecule has 0 saturated heterocycles. The Bertz CT molecular complexity index is 1060. The van der Waals surface area contributed by atoms with Gasteiger partial charge in [-0.25, -0.2) is 0 Å². The maximum Gasteiger partial charge on any atom is 0.261 e. The SMILES string of the molecule is CO[C@H](/C(=N/OCC(=O)N[C@@H](Cc1c[nH]c2ccccc12)C(=O)NC(C)CO)C(O)C(C)O)C(C)(C)C. The van der Waals surface area contributed by atoms with Crippen molar-refractivity contribution in [1.29, 1.82) is 0 Å². The normalized spacial score (nSPS) is 16.5. The molecule has 0 bridgehead atoms. The van der Waals surface area contributed by atoms with E-state index < -0.39 is 54.2 Å². The highest BCUT2D eigenvalue weighted by Crippen LogP contribution is 2.25. The molecule has 0 radical (unpaired) electrons. The molecule has 1 aromatic carbocycles. The fourth-order valence-corrected chi connectivity index (χ4v) is 3.94. The standard InChI is InChI=1S/C26H40N4O7/c1-15(13-31)28-25(35)20(11-17-12-27-19-10-8-7-9-18(17)19)29-21(33)14-37-30-22(23(34)16(2)32)24(36-6)26(3,4)5/h7-10,12,15-16,20,23-24,27,31-32,34H,11,13-14H2,1-6H3,(H,28,35)(H,29,33)/b30-22+/t15?,16?,20-,23?,24+/m0/s1. The lowest BCUT2D eigenvalue weighted by Crippen LogP contribution is -2.51. The van der Waals surface area contributed by atoms with Crippen molar-refractivity contribution >= 4 is 28.4 Å². The van der Waals surface area contributed by atoms with Crippen LogP contribution in [0.25, 0.3) is 10.9 Å². The number of aliphatic hydroxyl groups is 3.